The number of ether oxygens (including phenoxy) is 2. The summed E-state index contributed by atoms with van der Waals surface area (Å²) in [5.74, 6) is 1.47. The molecule has 3 aromatic rings. The van der Waals surface area contributed by atoms with Gasteiger partial charge in [-0.15, -0.1) is 0 Å². The van der Waals surface area contributed by atoms with Crippen LogP contribution < -0.4 is 25.2 Å². The zero-order valence-electron chi connectivity index (χ0n) is 18.4. The van der Waals surface area contributed by atoms with Gasteiger partial charge in [-0.05, 0) is 54.8 Å². The van der Waals surface area contributed by atoms with Gasteiger partial charge in [0.05, 0.1) is 11.3 Å². The zero-order chi connectivity index (χ0) is 23.2. The highest BCUT2D eigenvalue weighted by Crippen LogP contribution is 2.38. The second kappa shape index (κ2) is 7.96. The van der Waals surface area contributed by atoms with E-state index in [9.17, 15) is 14.9 Å². The van der Waals surface area contributed by atoms with Crippen LogP contribution in [0.2, 0.25) is 0 Å². The third-order valence-electron chi connectivity index (χ3n) is 6.83. The summed E-state index contributed by atoms with van der Waals surface area (Å²) in [6, 6.07) is 18.2. The molecular formula is C26H22N4O4. The van der Waals surface area contributed by atoms with Gasteiger partial charge in [-0.25, -0.2) is 0 Å². The van der Waals surface area contributed by atoms with E-state index in [1.165, 1.54) is 0 Å². The number of piperidine rings is 1. The maximum absolute atomic E-state index is 12.7. The molecule has 0 unspecified atom stereocenters. The fourth-order valence-corrected chi connectivity index (χ4v) is 5.31. The molecule has 0 saturated carbocycles. The predicted octanol–water partition coefficient (Wildman–Crippen LogP) is 3.32. The van der Waals surface area contributed by atoms with E-state index in [1.807, 2.05) is 28.8 Å². The van der Waals surface area contributed by atoms with E-state index >= 15 is 0 Å². The average molecular weight is 454 g/mol. The van der Waals surface area contributed by atoms with Crippen LogP contribution in [0, 0.1) is 17.2 Å². The predicted molar refractivity (Wildman–Crippen MR) is 125 cm³/mol. The van der Waals surface area contributed by atoms with Crippen molar-refractivity contribution in [1.29, 1.82) is 5.26 Å². The van der Waals surface area contributed by atoms with Crippen molar-refractivity contribution in [1.82, 2.24) is 4.57 Å². The molecule has 2 bridgehead atoms. The molecule has 0 spiro atoms. The molecule has 3 aliphatic heterocycles. The van der Waals surface area contributed by atoms with Gasteiger partial charge in [0.1, 0.15) is 6.07 Å². The number of pyridine rings is 1. The fraction of sp³-hybridized carbons (Fsp3) is 0.269. The number of nitrogens with zero attached hydrogens (tertiary/aromatic N) is 3. The number of aromatic nitrogens is 1. The molecule has 0 aliphatic carbocycles. The summed E-state index contributed by atoms with van der Waals surface area (Å²) < 4.78 is 12.5. The molecule has 8 heteroatoms. The number of rotatable bonds is 3. The van der Waals surface area contributed by atoms with Crippen LogP contribution in [0.1, 0.15) is 34.0 Å². The molecule has 6 rings (SSSR count). The lowest BCUT2D eigenvalue weighted by molar-refractivity contribution is 0.102. The van der Waals surface area contributed by atoms with Gasteiger partial charge >= 0.3 is 0 Å². The van der Waals surface area contributed by atoms with Crippen LogP contribution in [0.4, 0.5) is 11.4 Å². The van der Waals surface area contributed by atoms with E-state index in [4.69, 9.17) is 9.47 Å². The summed E-state index contributed by atoms with van der Waals surface area (Å²) in [4.78, 5) is 27.3. The highest BCUT2D eigenvalue weighted by Gasteiger charge is 2.35. The molecule has 34 heavy (non-hydrogen) atoms. The Bertz CT molecular complexity index is 1410. The maximum atomic E-state index is 12.7. The Morgan fingerprint density at radius 1 is 1.03 bits per heavy atom. The maximum Gasteiger partial charge on any atom is 0.255 e. The Morgan fingerprint density at radius 3 is 2.79 bits per heavy atom. The minimum absolute atomic E-state index is 0.0564. The van der Waals surface area contributed by atoms with Crippen LogP contribution in [0.5, 0.6) is 11.5 Å². The third kappa shape index (κ3) is 3.46. The standard InChI is InChI=1S/C26H22N4O4/c27-11-18-9-20(28-26(32)17-4-7-23-24(10-17)34-15-33-23)5-6-21(18)29-12-16-8-19(14-29)22-2-1-3-25(31)30(22)13-16/h1-7,9-10,16,19H,8,12-15H2,(H,28,32)/t16-,19+/m1/s1. The van der Waals surface area contributed by atoms with Crippen LogP contribution in [0.15, 0.2) is 59.4 Å². The minimum Gasteiger partial charge on any atom is -0.454 e. The monoisotopic (exact) mass is 454 g/mol. The zero-order valence-corrected chi connectivity index (χ0v) is 18.4. The fourth-order valence-electron chi connectivity index (χ4n) is 5.31. The summed E-state index contributed by atoms with van der Waals surface area (Å²) in [7, 11) is 0. The Morgan fingerprint density at radius 2 is 1.91 bits per heavy atom. The Kier molecular flexibility index (Phi) is 4.77. The van der Waals surface area contributed by atoms with E-state index in [0.29, 0.717) is 40.8 Å². The quantitative estimate of drug-likeness (QED) is 0.652. The molecule has 1 saturated heterocycles. The number of benzene rings is 2. The van der Waals surface area contributed by atoms with E-state index in [-0.39, 0.29) is 24.2 Å². The molecule has 8 nitrogen and oxygen atoms in total. The number of nitriles is 1. The SMILES string of the molecule is N#Cc1cc(NC(=O)c2ccc3c(c2)OCO3)ccc1N1C[C@H]2C[C@@H](C1)c1cccc(=O)n1C2. The molecule has 4 heterocycles. The molecule has 2 atom stereocenters. The van der Waals surface area contributed by atoms with Crippen LogP contribution in [0.25, 0.3) is 0 Å². The van der Waals surface area contributed by atoms with Crippen molar-refractivity contribution in [2.24, 2.45) is 5.92 Å². The van der Waals surface area contributed by atoms with Crippen LogP contribution >= 0.6 is 0 Å². The molecule has 2 aromatic carbocycles. The van der Waals surface area contributed by atoms with Gasteiger partial charge in [-0.3, -0.25) is 9.59 Å². The van der Waals surface area contributed by atoms with E-state index in [0.717, 1.165) is 30.9 Å². The van der Waals surface area contributed by atoms with E-state index in [1.54, 1.807) is 30.3 Å². The molecule has 1 amide bonds. The van der Waals surface area contributed by atoms with Crippen molar-refractivity contribution >= 4 is 17.3 Å². The smallest absolute Gasteiger partial charge is 0.255 e. The van der Waals surface area contributed by atoms with Crippen molar-refractivity contribution in [3.8, 4) is 17.6 Å². The number of amides is 1. The lowest BCUT2D eigenvalue weighted by Crippen LogP contribution is -2.47. The second-order valence-electron chi connectivity index (χ2n) is 8.97. The number of carbonyl (C=O) groups is 1. The Labute approximate surface area is 195 Å². The molecule has 0 radical (unpaired) electrons. The topological polar surface area (TPSA) is 96.6 Å². The van der Waals surface area contributed by atoms with Crippen LogP contribution in [-0.2, 0) is 6.54 Å². The number of hydrogen-bond acceptors (Lipinski definition) is 6. The first-order chi connectivity index (χ1) is 16.6. The summed E-state index contributed by atoms with van der Waals surface area (Å²) in [6.45, 7) is 2.38. The molecule has 3 aliphatic rings. The Hall–Kier alpha value is -4.25. The summed E-state index contributed by atoms with van der Waals surface area (Å²) >= 11 is 0. The summed E-state index contributed by atoms with van der Waals surface area (Å²) in [5.41, 5.74) is 3.49. The lowest BCUT2D eigenvalue weighted by Gasteiger charge is -2.44. The van der Waals surface area contributed by atoms with Crippen LogP contribution in [-0.4, -0.2) is 30.4 Å². The first kappa shape index (κ1) is 20.4. The van der Waals surface area contributed by atoms with Crippen molar-refractivity contribution in [3.05, 3.63) is 81.8 Å². The van der Waals surface area contributed by atoms with Gasteiger partial charge in [-0.2, -0.15) is 5.26 Å². The van der Waals surface area contributed by atoms with Crippen LogP contribution in [0.3, 0.4) is 0 Å². The highest BCUT2D eigenvalue weighted by atomic mass is 16.7. The molecule has 1 aromatic heterocycles. The van der Waals surface area contributed by atoms with Gasteiger partial charge in [-0.1, -0.05) is 6.07 Å². The third-order valence-corrected chi connectivity index (χ3v) is 6.83. The normalized spacial score (nSPS) is 19.8. The second-order valence-corrected chi connectivity index (χ2v) is 8.97. The average Bonchev–Trinajstić information content (AvgIpc) is 3.32. The van der Waals surface area contributed by atoms with Gasteiger partial charge < -0.3 is 24.3 Å². The first-order valence-corrected chi connectivity index (χ1v) is 11.3. The lowest BCUT2D eigenvalue weighted by atomic mass is 9.82. The summed E-state index contributed by atoms with van der Waals surface area (Å²) in [6.07, 6.45) is 1.05. The number of fused-ring (bicyclic) bond motifs is 5. The van der Waals surface area contributed by atoms with Crippen molar-refractivity contribution in [2.75, 3.05) is 30.1 Å². The largest absolute Gasteiger partial charge is 0.454 e. The van der Waals surface area contributed by atoms with Crippen molar-refractivity contribution < 1.29 is 14.3 Å². The molecule has 1 N–H and O–H groups in total. The summed E-state index contributed by atoms with van der Waals surface area (Å²) in [5, 5.41) is 12.7. The van der Waals surface area contributed by atoms with Crippen molar-refractivity contribution in [2.45, 2.75) is 18.9 Å². The number of anilines is 2. The number of nitrogens with one attached hydrogen (secondary N) is 1. The molecular weight excluding hydrogens is 432 g/mol. The molecule has 170 valence electrons. The van der Waals surface area contributed by atoms with Gasteiger partial charge in [0.2, 0.25) is 6.79 Å². The number of carbonyl (C=O) groups excluding carboxylic acids is 1. The minimum atomic E-state index is -0.288. The highest BCUT2D eigenvalue weighted by molar-refractivity contribution is 6.04. The van der Waals surface area contributed by atoms with Crippen molar-refractivity contribution in [3.63, 3.8) is 0 Å². The van der Waals surface area contributed by atoms with Gasteiger partial charge in [0, 0.05) is 48.6 Å². The molecule has 1 fully saturated rings. The van der Waals surface area contributed by atoms with Gasteiger partial charge in [0.15, 0.2) is 11.5 Å². The van der Waals surface area contributed by atoms with Gasteiger partial charge in [0.25, 0.3) is 11.5 Å². The number of hydrogen-bond donors (Lipinski definition) is 1. The first-order valence-electron chi connectivity index (χ1n) is 11.3. The van der Waals surface area contributed by atoms with E-state index in [2.05, 4.69) is 16.3 Å². The van der Waals surface area contributed by atoms with E-state index < -0.39 is 0 Å². The Balaban J connectivity index is 1.23.